The van der Waals surface area contributed by atoms with Crippen LogP contribution in [0.5, 0.6) is 0 Å². The number of anilines is 1. The Bertz CT molecular complexity index is 773. The second-order valence-corrected chi connectivity index (χ2v) is 8.34. The minimum atomic E-state index is -0.173. The van der Waals surface area contributed by atoms with Gasteiger partial charge < -0.3 is 15.1 Å². The molecule has 0 radical (unpaired) electrons. The third-order valence-corrected chi connectivity index (χ3v) is 6.30. The van der Waals surface area contributed by atoms with Gasteiger partial charge in [-0.15, -0.1) is 11.3 Å². The van der Waals surface area contributed by atoms with Gasteiger partial charge in [0.05, 0.1) is 18.0 Å². The largest absolute Gasteiger partial charge is 0.331 e. The van der Waals surface area contributed by atoms with E-state index in [4.69, 9.17) is 0 Å². The third kappa shape index (κ3) is 4.76. The summed E-state index contributed by atoms with van der Waals surface area (Å²) in [7, 11) is 1.71. The molecule has 3 atom stereocenters. The topological polar surface area (TPSA) is 53.9 Å². The molecule has 27 heavy (non-hydrogen) atoms. The van der Waals surface area contributed by atoms with Crippen molar-refractivity contribution in [3.63, 3.8) is 0 Å². The Balaban J connectivity index is 1.57. The quantitative estimate of drug-likeness (QED) is 0.800. The number of amides is 2. The van der Waals surface area contributed by atoms with E-state index in [1.807, 2.05) is 38.1 Å². The summed E-state index contributed by atoms with van der Waals surface area (Å²) in [5.41, 5.74) is 1.89. The van der Waals surface area contributed by atoms with Gasteiger partial charge in [0.25, 0.3) is 5.91 Å². The number of nitrogens with zero attached hydrogens (tertiary/aromatic N) is 1. The van der Waals surface area contributed by atoms with Crippen molar-refractivity contribution in [1.29, 1.82) is 0 Å². The minimum Gasteiger partial charge on any atom is -0.331 e. The number of thiophene rings is 1. The summed E-state index contributed by atoms with van der Waals surface area (Å²) in [5.74, 6) is -0.152. The van der Waals surface area contributed by atoms with Crippen molar-refractivity contribution in [2.45, 2.75) is 38.8 Å². The van der Waals surface area contributed by atoms with E-state index in [-0.39, 0.29) is 24.4 Å². The Morgan fingerprint density at radius 3 is 2.70 bits per heavy atom. The number of carbonyl (C=O) groups is 2. The van der Waals surface area contributed by atoms with E-state index in [2.05, 4.69) is 22.8 Å². The number of quaternary nitrogens is 1. The fourth-order valence-electron chi connectivity index (χ4n) is 3.82. The molecule has 1 unspecified atom stereocenters. The van der Waals surface area contributed by atoms with Crippen molar-refractivity contribution in [3.8, 4) is 0 Å². The molecule has 2 amide bonds. The molecule has 1 aliphatic heterocycles. The summed E-state index contributed by atoms with van der Waals surface area (Å²) >= 11 is 1.76. The zero-order chi connectivity index (χ0) is 19.4. The smallest absolute Gasteiger partial charge is 0.280 e. The Morgan fingerprint density at radius 1 is 1.30 bits per heavy atom. The number of rotatable bonds is 6. The molecule has 1 fully saturated rings. The Kier molecular flexibility index (Phi) is 6.29. The van der Waals surface area contributed by atoms with Gasteiger partial charge in [-0.1, -0.05) is 23.8 Å². The standard InChI is InChI=1S/C21H27N3O2S/c1-15-8-10-17(11-9-15)22-20(25)14-23(3)21(26)16(2)24-12-4-6-18(24)19-7-5-13-27-19/h5,7-11,13,16,18H,4,6,12,14H2,1-3H3,(H,22,25)/p+1/t16-,18+/m0/s1. The van der Waals surface area contributed by atoms with E-state index < -0.39 is 0 Å². The first kappa shape index (κ1) is 19.6. The van der Waals surface area contributed by atoms with Crippen LogP contribution in [0, 0.1) is 6.92 Å². The number of benzene rings is 1. The van der Waals surface area contributed by atoms with Crippen molar-refractivity contribution < 1.29 is 14.5 Å². The lowest BCUT2D eigenvalue weighted by Crippen LogP contribution is -3.15. The normalized spacial score (nSPS) is 20.3. The van der Waals surface area contributed by atoms with Crippen molar-refractivity contribution in [2.75, 3.05) is 25.5 Å². The van der Waals surface area contributed by atoms with Crippen LogP contribution in [0.4, 0.5) is 5.69 Å². The molecule has 2 N–H and O–H groups in total. The summed E-state index contributed by atoms with van der Waals surface area (Å²) in [4.78, 5) is 29.4. The molecule has 2 heterocycles. The van der Waals surface area contributed by atoms with Gasteiger partial charge in [0, 0.05) is 25.6 Å². The van der Waals surface area contributed by atoms with Crippen molar-refractivity contribution in [1.82, 2.24) is 4.90 Å². The molecule has 3 rings (SSSR count). The molecule has 1 aromatic carbocycles. The van der Waals surface area contributed by atoms with Crippen molar-refractivity contribution >= 4 is 28.8 Å². The molecule has 0 aliphatic carbocycles. The molecule has 2 aromatic rings. The number of hydrogen-bond donors (Lipinski definition) is 2. The van der Waals surface area contributed by atoms with Crippen LogP contribution in [-0.4, -0.2) is 42.9 Å². The first-order chi connectivity index (χ1) is 13.0. The number of aryl methyl sites for hydroxylation is 1. The SMILES string of the molecule is Cc1ccc(NC(=O)CN(C)C(=O)[C@H](C)[NH+]2CCC[C@@H]2c2cccs2)cc1. The summed E-state index contributed by atoms with van der Waals surface area (Å²) in [6.45, 7) is 5.05. The molecular weight excluding hydrogens is 358 g/mol. The highest BCUT2D eigenvalue weighted by molar-refractivity contribution is 7.10. The zero-order valence-electron chi connectivity index (χ0n) is 16.2. The van der Waals surface area contributed by atoms with Crippen molar-refractivity contribution in [3.05, 3.63) is 52.2 Å². The van der Waals surface area contributed by atoms with Crippen molar-refractivity contribution in [2.24, 2.45) is 0 Å². The average molecular weight is 387 g/mol. The summed E-state index contributed by atoms with van der Waals surface area (Å²) < 4.78 is 0. The number of likely N-dealkylation sites (tertiary alicyclic amines) is 1. The number of hydrogen-bond acceptors (Lipinski definition) is 3. The number of likely N-dealkylation sites (N-methyl/N-ethyl adjacent to an activating group) is 1. The van der Waals surface area contributed by atoms with Gasteiger partial charge in [0.1, 0.15) is 6.04 Å². The molecule has 144 valence electrons. The maximum absolute atomic E-state index is 12.9. The second kappa shape index (κ2) is 8.67. The lowest BCUT2D eigenvalue weighted by atomic mass is 10.1. The lowest BCUT2D eigenvalue weighted by molar-refractivity contribution is -0.932. The zero-order valence-corrected chi connectivity index (χ0v) is 17.0. The fourth-order valence-corrected chi connectivity index (χ4v) is 4.73. The van der Waals surface area contributed by atoms with Crippen LogP contribution in [0.2, 0.25) is 0 Å². The van der Waals surface area contributed by atoms with Gasteiger partial charge in [-0.05, 0) is 37.4 Å². The second-order valence-electron chi connectivity index (χ2n) is 7.37. The third-order valence-electron chi connectivity index (χ3n) is 5.31. The Morgan fingerprint density at radius 2 is 2.04 bits per heavy atom. The fraction of sp³-hybridized carbons (Fsp3) is 0.429. The molecular formula is C21H28N3O2S+. The predicted octanol–water partition coefficient (Wildman–Crippen LogP) is 2.26. The monoisotopic (exact) mass is 386 g/mol. The lowest BCUT2D eigenvalue weighted by Gasteiger charge is -2.29. The van der Waals surface area contributed by atoms with Gasteiger partial charge in [0.2, 0.25) is 5.91 Å². The summed E-state index contributed by atoms with van der Waals surface area (Å²) in [6, 6.07) is 12.1. The van der Waals surface area contributed by atoms with Crippen LogP contribution in [0.15, 0.2) is 41.8 Å². The molecule has 6 heteroatoms. The number of carbonyl (C=O) groups excluding carboxylic acids is 2. The van der Waals surface area contributed by atoms with E-state index in [1.165, 1.54) is 9.78 Å². The van der Waals surface area contributed by atoms with Crippen LogP contribution < -0.4 is 10.2 Å². The molecule has 1 saturated heterocycles. The molecule has 1 aliphatic rings. The molecule has 5 nitrogen and oxygen atoms in total. The first-order valence-electron chi connectivity index (χ1n) is 9.46. The van der Waals surface area contributed by atoms with Gasteiger partial charge >= 0.3 is 0 Å². The maximum atomic E-state index is 12.9. The molecule has 0 spiro atoms. The molecule has 0 saturated carbocycles. The van der Waals surface area contributed by atoms with E-state index in [0.29, 0.717) is 6.04 Å². The van der Waals surface area contributed by atoms with Crippen LogP contribution in [-0.2, 0) is 9.59 Å². The highest BCUT2D eigenvalue weighted by atomic mass is 32.1. The molecule has 1 aromatic heterocycles. The van der Waals surface area contributed by atoms with Crippen LogP contribution in [0.1, 0.15) is 36.2 Å². The highest BCUT2D eigenvalue weighted by Gasteiger charge is 2.38. The van der Waals surface area contributed by atoms with Gasteiger partial charge in [-0.3, -0.25) is 9.59 Å². The van der Waals surface area contributed by atoms with E-state index in [0.717, 1.165) is 30.6 Å². The highest BCUT2D eigenvalue weighted by Crippen LogP contribution is 2.24. The first-order valence-corrected chi connectivity index (χ1v) is 10.3. The molecule has 0 bridgehead atoms. The Hall–Kier alpha value is -2.18. The van der Waals surface area contributed by atoms with Gasteiger partial charge in [0.15, 0.2) is 6.04 Å². The van der Waals surface area contributed by atoms with E-state index in [1.54, 1.807) is 23.3 Å². The Labute approximate surface area is 165 Å². The van der Waals surface area contributed by atoms with Gasteiger partial charge in [-0.25, -0.2) is 0 Å². The minimum absolute atomic E-state index is 0.0208. The van der Waals surface area contributed by atoms with E-state index >= 15 is 0 Å². The van der Waals surface area contributed by atoms with Crippen LogP contribution in [0.3, 0.4) is 0 Å². The maximum Gasteiger partial charge on any atom is 0.280 e. The van der Waals surface area contributed by atoms with E-state index in [9.17, 15) is 9.59 Å². The van der Waals surface area contributed by atoms with Crippen LogP contribution >= 0.6 is 11.3 Å². The number of nitrogens with one attached hydrogen (secondary N) is 2. The van der Waals surface area contributed by atoms with Crippen LogP contribution in [0.25, 0.3) is 0 Å². The predicted molar refractivity (Wildman–Crippen MR) is 109 cm³/mol. The summed E-state index contributed by atoms with van der Waals surface area (Å²) in [6.07, 6.45) is 2.25. The average Bonchev–Trinajstić information content (AvgIpc) is 3.33. The summed E-state index contributed by atoms with van der Waals surface area (Å²) in [5, 5.41) is 4.95. The van der Waals surface area contributed by atoms with Gasteiger partial charge in [-0.2, -0.15) is 0 Å².